The van der Waals surface area contributed by atoms with E-state index >= 15 is 0 Å². The summed E-state index contributed by atoms with van der Waals surface area (Å²) in [5, 5.41) is 0. The minimum Gasteiger partial charge on any atom is -0.384 e. The fourth-order valence-electron chi connectivity index (χ4n) is 2.96. The van der Waals surface area contributed by atoms with Gasteiger partial charge in [0.25, 0.3) is 0 Å². The summed E-state index contributed by atoms with van der Waals surface area (Å²) in [6.07, 6.45) is 3.41. The molecule has 0 aromatic carbocycles. The van der Waals surface area contributed by atoms with Gasteiger partial charge in [0.15, 0.2) is 0 Å². The number of imidazole rings is 1. The molecule has 1 aromatic rings. The first-order chi connectivity index (χ1) is 8.10. The third-order valence-electron chi connectivity index (χ3n) is 3.63. The molecule has 1 aromatic heterocycles. The predicted octanol–water partition coefficient (Wildman–Crippen LogP) is 2.92. The Kier molecular flexibility index (Phi) is 3.87. The van der Waals surface area contributed by atoms with Crippen LogP contribution < -0.4 is 0 Å². The van der Waals surface area contributed by atoms with Crippen LogP contribution in [0.5, 0.6) is 0 Å². The second-order valence-corrected chi connectivity index (χ2v) is 5.76. The molecule has 0 fully saturated rings. The van der Waals surface area contributed by atoms with Crippen LogP contribution in [0, 0.1) is 11.8 Å². The van der Waals surface area contributed by atoms with Crippen molar-refractivity contribution in [2.45, 2.75) is 46.0 Å². The number of methoxy groups -OCH3 is 1. The molecule has 2 rings (SSSR count). The maximum atomic E-state index is 5.17. The lowest BCUT2D eigenvalue weighted by Crippen LogP contribution is -2.14. The number of ether oxygens (including phenoxy) is 1. The molecule has 3 atom stereocenters. The van der Waals surface area contributed by atoms with E-state index in [1.807, 2.05) is 0 Å². The number of nitrogens with one attached hydrogen (secondary N) is 1. The number of aromatic amines is 1. The highest BCUT2D eigenvalue weighted by atomic mass is 16.5. The largest absolute Gasteiger partial charge is 0.384 e. The fraction of sp³-hybridized carbons (Fsp3) is 0.786. The zero-order valence-corrected chi connectivity index (χ0v) is 11.4. The van der Waals surface area contributed by atoms with E-state index in [2.05, 4.69) is 25.8 Å². The second-order valence-electron chi connectivity index (χ2n) is 5.76. The lowest BCUT2D eigenvalue weighted by atomic mass is 9.84. The third-order valence-corrected chi connectivity index (χ3v) is 3.63. The van der Waals surface area contributed by atoms with Gasteiger partial charge in [-0.1, -0.05) is 20.8 Å². The van der Waals surface area contributed by atoms with Crippen molar-refractivity contribution in [3.05, 3.63) is 17.2 Å². The molecule has 96 valence electrons. The lowest BCUT2D eigenvalue weighted by molar-refractivity contribution is 0.159. The molecule has 0 aliphatic heterocycles. The van der Waals surface area contributed by atoms with Crippen molar-refractivity contribution < 1.29 is 4.74 Å². The first-order valence-corrected chi connectivity index (χ1v) is 6.66. The Morgan fingerprint density at radius 2 is 2.24 bits per heavy atom. The molecule has 1 aliphatic rings. The minimum atomic E-state index is 0.528. The van der Waals surface area contributed by atoms with Gasteiger partial charge in [-0.25, -0.2) is 4.98 Å². The average Bonchev–Trinajstić information content (AvgIpc) is 2.60. The quantitative estimate of drug-likeness (QED) is 0.873. The molecule has 1 N–H and O–H groups in total. The van der Waals surface area contributed by atoms with Crippen LogP contribution >= 0.6 is 0 Å². The van der Waals surface area contributed by atoms with E-state index < -0.39 is 0 Å². The highest BCUT2D eigenvalue weighted by molar-refractivity contribution is 5.22. The van der Waals surface area contributed by atoms with Crippen LogP contribution in [0.3, 0.4) is 0 Å². The van der Waals surface area contributed by atoms with Crippen molar-refractivity contribution in [3.63, 3.8) is 0 Å². The van der Waals surface area contributed by atoms with Gasteiger partial charge in [-0.3, -0.25) is 0 Å². The van der Waals surface area contributed by atoms with Crippen LogP contribution in [0.4, 0.5) is 0 Å². The molecule has 0 spiro atoms. The summed E-state index contributed by atoms with van der Waals surface area (Å²) in [5.74, 6) is 3.06. The van der Waals surface area contributed by atoms with Crippen molar-refractivity contribution >= 4 is 0 Å². The number of aromatic nitrogens is 2. The van der Waals surface area contributed by atoms with Crippen LogP contribution in [0.2, 0.25) is 0 Å². The molecule has 1 aliphatic carbocycles. The smallest absolute Gasteiger partial charge is 0.106 e. The fourth-order valence-corrected chi connectivity index (χ4v) is 2.96. The number of fused-ring (bicyclic) bond motifs is 1. The first kappa shape index (κ1) is 12.6. The minimum absolute atomic E-state index is 0.528. The topological polar surface area (TPSA) is 37.9 Å². The monoisotopic (exact) mass is 236 g/mol. The number of H-pyrrole nitrogens is 1. The Labute approximate surface area is 104 Å². The van der Waals surface area contributed by atoms with Gasteiger partial charge in [0.1, 0.15) is 5.82 Å². The van der Waals surface area contributed by atoms with E-state index in [1.54, 1.807) is 7.11 Å². The number of rotatable bonds is 4. The molecule has 3 heteroatoms. The maximum Gasteiger partial charge on any atom is 0.106 e. The molecule has 0 bridgehead atoms. The number of hydrogen-bond acceptors (Lipinski definition) is 2. The van der Waals surface area contributed by atoms with Crippen LogP contribution in [0.1, 0.15) is 50.3 Å². The van der Waals surface area contributed by atoms with Crippen LogP contribution in [-0.2, 0) is 17.6 Å². The summed E-state index contributed by atoms with van der Waals surface area (Å²) in [6.45, 7) is 7.62. The van der Waals surface area contributed by atoms with Crippen LogP contribution in [0.25, 0.3) is 0 Å². The maximum absolute atomic E-state index is 5.17. The van der Waals surface area contributed by atoms with Crippen molar-refractivity contribution in [1.29, 1.82) is 0 Å². The van der Waals surface area contributed by atoms with E-state index in [0.717, 1.165) is 31.2 Å². The van der Waals surface area contributed by atoms with E-state index in [1.165, 1.54) is 17.8 Å². The van der Waals surface area contributed by atoms with Gasteiger partial charge in [-0.05, 0) is 24.7 Å². The summed E-state index contributed by atoms with van der Waals surface area (Å²) < 4.78 is 5.17. The van der Waals surface area contributed by atoms with Crippen LogP contribution in [-0.4, -0.2) is 23.7 Å². The standard InChI is InChI=1S/C14H24N2O/c1-9-5-11(3)14-12(6-9)15-13(16-14)7-10(2)8-17-4/h9-11H,5-8H2,1-4H3,(H,15,16). The summed E-state index contributed by atoms with van der Waals surface area (Å²) in [6, 6.07) is 0. The SMILES string of the molecule is COCC(C)Cc1nc2c([nH]1)CC(C)CC2C. The molecular formula is C14H24N2O. The molecule has 17 heavy (non-hydrogen) atoms. The van der Waals surface area contributed by atoms with Crippen molar-refractivity contribution in [2.75, 3.05) is 13.7 Å². The highest BCUT2D eigenvalue weighted by Crippen LogP contribution is 2.33. The summed E-state index contributed by atoms with van der Waals surface area (Å²) >= 11 is 0. The van der Waals surface area contributed by atoms with Gasteiger partial charge in [-0.15, -0.1) is 0 Å². The molecule has 3 nitrogen and oxygen atoms in total. The van der Waals surface area contributed by atoms with E-state index in [4.69, 9.17) is 9.72 Å². The normalized spacial score (nSPS) is 25.6. The van der Waals surface area contributed by atoms with E-state index in [0.29, 0.717) is 11.8 Å². The molecule has 0 saturated heterocycles. The van der Waals surface area contributed by atoms with Crippen LogP contribution in [0.15, 0.2) is 0 Å². The summed E-state index contributed by atoms with van der Waals surface area (Å²) in [7, 11) is 1.76. The molecule has 0 radical (unpaired) electrons. The number of nitrogens with zero attached hydrogens (tertiary/aromatic N) is 1. The van der Waals surface area contributed by atoms with Gasteiger partial charge in [0, 0.05) is 31.7 Å². The second kappa shape index (κ2) is 5.21. The van der Waals surface area contributed by atoms with Gasteiger partial charge in [0.2, 0.25) is 0 Å². The molecule has 0 amide bonds. The summed E-state index contributed by atoms with van der Waals surface area (Å²) in [5.41, 5.74) is 2.68. The van der Waals surface area contributed by atoms with Gasteiger partial charge in [0.05, 0.1) is 5.69 Å². The lowest BCUT2D eigenvalue weighted by Gasteiger charge is -2.22. The van der Waals surface area contributed by atoms with Crippen molar-refractivity contribution in [3.8, 4) is 0 Å². The first-order valence-electron chi connectivity index (χ1n) is 6.66. The van der Waals surface area contributed by atoms with Gasteiger partial charge < -0.3 is 9.72 Å². The summed E-state index contributed by atoms with van der Waals surface area (Å²) in [4.78, 5) is 8.29. The van der Waals surface area contributed by atoms with Crippen molar-refractivity contribution in [2.24, 2.45) is 11.8 Å². The molecule has 1 heterocycles. The number of hydrogen-bond donors (Lipinski definition) is 1. The molecular weight excluding hydrogens is 212 g/mol. The highest BCUT2D eigenvalue weighted by Gasteiger charge is 2.25. The Balaban J connectivity index is 2.09. The Morgan fingerprint density at radius 3 is 2.94 bits per heavy atom. The van der Waals surface area contributed by atoms with Crippen molar-refractivity contribution in [1.82, 2.24) is 9.97 Å². The Hall–Kier alpha value is -0.830. The van der Waals surface area contributed by atoms with Gasteiger partial charge >= 0.3 is 0 Å². The molecule has 3 unspecified atom stereocenters. The van der Waals surface area contributed by atoms with E-state index in [9.17, 15) is 0 Å². The molecule has 0 saturated carbocycles. The third kappa shape index (κ3) is 2.89. The Morgan fingerprint density at radius 1 is 1.47 bits per heavy atom. The Bertz CT molecular complexity index is 372. The zero-order valence-electron chi connectivity index (χ0n) is 11.4. The zero-order chi connectivity index (χ0) is 12.4. The average molecular weight is 236 g/mol. The predicted molar refractivity (Wildman–Crippen MR) is 69.2 cm³/mol. The van der Waals surface area contributed by atoms with E-state index in [-0.39, 0.29) is 0 Å². The van der Waals surface area contributed by atoms with Gasteiger partial charge in [-0.2, -0.15) is 0 Å².